The molecule has 1 aliphatic heterocycles. The maximum atomic E-state index is 13.0. The van der Waals surface area contributed by atoms with E-state index < -0.39 is 5.60 Å². The summed E-state index contributed by atoms with van der Waals surface area (Å²) in [5.74, 6) is 0.779. The molecule has 1 aliphatic carbocycles. The second kappa shape index (κ2) is 5.38. The molecule has 2 fully saturated rings. The lowest BCUT2D eigenvalue weighted by Gasteiger charge is -2.40. The van der Waals surface area contributed by atoms with Gasteiger partial charge >= 0.3 is 0 Å². The van der Waals surface area contributed by atoms with Gasteiger partial charge in [0.15, 0.2) is 0 Å². The van der Waals surface area contributed by atoms with Crippen LogP contribution in [-0.2, 0) is 0 Å². The predicted molar refractivity (Wildman–Crippen MR) is 90.3 cm³/mol. The quantitative estimate of drug-likeness (QED) is 0.895. The summed E-state index contributed by atoms with van der Waals surface area (Å²) in [6, 6.07) is 7.80. The van der Waals surface area contributed by atoms with Crippen LogP contribution in [0.25, 0.3) is 10.9 Å². The predicted octanol–water partition coefficient (Wildman–Crippen LogP) is 3.18. The van der Waals surface area contributed by atoms with E-state index in [1.165, 1.54) is 0 Å². The molecule has 0 spiro atoms. The number of rotatable bonds is 2. The van der Waals surface area contributed by atoms with Crippen molar-refractivity contribution < 1.29 is 9.90 Å². The Morgan fingerprint density at radius 2 is 2.26 bits per heavy atom. The molecule has 4 nitrogen and oxygen atoms in total. The van der Waals surface area contributed by atoms with E-state index in [-0.39, 0.29) is 11.8 Å². The Balaban J connectivity index is 1.62. The van der Waals surface area contributed by atoms with Crippen molar-refractivity contribution in [2.24, 2.45) is 11.8 Å². The number of hydrogen-bond acceptors (Lipinski definition) is 2. The maximum absolute atomic E-state index is 13.0. The van der Waals surface area contributed by atoms with Gasteiger partial charge in [-0.3, -0.25) is 4.79 Å². The maximum Gasteiger partial charge on any atom is 0.254 e. The Kier molecular flexibility index (Phi) is 3.45. The van der Waals surface area contributed by atoms with E-state index in [0.717, 1.165) is 48.7 Å². The number of carbonyl (C=O) groups is 1. The number of amides is 1. The summed E-state index contributed by atoms with van der Waals surface area (Å²) in [6.45, 7) is 3.54. The molecule has 4 heteroatoms. The van der Waals surface area contributed by atoms with E-state index in [1.807, 2.05) is 35.4 Å². The molecule has 1 saturated heterocycles. The zero-order chi connectivity index (χ0) is 16.0. The molecule has 1 amide bonds. The van der Waals surface area contributed by atoms with Gasteiger partial charge in [-0.05, 0) is 43.4 Å². The van der Waals surface area contributed by atoms with Crippen molar-refractivity contribution in [2.45, 2.75) is 38.2 Å². The number of carbonyl (C=O) groups excluding carboxylic acids is 1. The summed E-state index contributed by atoms with van der Waals surface area (Å²) < 4.78 is 0. The van der Waals surface area contributed by atoms with Crippen molar-refractivity contribution in [2.75, 3.05) is 13.1 Å². The van der Waals surface area contributed by atoms with Gasteiger partial charge in [-0.1, -0.05) is 19.4 Å². The van der Waals surface area contributed by atoms with Crippen LogP contribution in [0.1, 0.15) is 43.0 Å². The lowest BCUT2D eigenvalue weighted by atomic mass is 9.69. The monoisotopic (exact) mass is 312 g/mol. The second-order valence-electron chi connectivity index (χ2n) is 7.17. The first-order valence-corrected chi connectivity index (χ1v) is 8.70. The fourth-order valence-electron chi connectivity index (χ4n) is 4.68. The van der Waals surface area contributed by atoms with Crippen LogP contribution in [0, 0.1) is 11.8 Å². The van der Waals surface area contributed by atoms with Gasteiger partial charge in [0.05, 0.1) is 5.60 Å². The average molecular weight is 312 g/mol. The number of nitrogens with one attached hydrogen (secondary N) is 1. The zero-order valence-electron chi connectivity index (χ0n) is 13.6. The summed E-state index contributed by atoms with van der Waals surface area (Å²) in [5.41, 5.74) is 1.18. The van der Waals surface area contributed by atoms with Crippen molar-refractivity contribution in [3.63, 3.8) is 0 Å². The topological polar surface area (TPSA) is 56.3 Å². The summed E-state index contributed by atoms with van der Waals surface area (Å²) in [6.07, 6.45) is 5.73. The third kappa shape index (κ3) is 2.27. The number of nitrogens with zero attached hydrogens (tertiary/aromatic N) is 1. The third-order valence-electron chi connectivity index (χ3n) is 6.04. The van der Waals surface area contributed by atoms with Gasteiger partial charge < -0.3 is 15.0 Å². The molecule has 2 aromatic rings. The Hall–Kier alpha value is -1.81. The molecule has 2 aliphatic rings. The number of aliphatic hydroxyl groups is 1. The minimum atomic E-state index is -0.585. The van der Waals surface area contributed by atoms with Gasteiger partial charge in [-0.15, -0.1) is 0 Å². The first-order valence-electron chi connectivity index (χ1n) is 8.70. The number of fused-ring (bicyclic) bond motifs is 2. The summed E-state index contributed by atoms with van der Waals surface area (Å²) in [7, 11) is 0. The van der Waals surface area contributed by atoms with E-state index >= 15 is 0 Å². The molecule has 0 bridgehead atoms. The van der Waals surface area contributed by atoms with Gasteiger partial charge in [0.2, 0.25) is 0 Å². The Morgan fingerprint density at radius 3 is 3.09 bits per heavy atom. The molecular weight excluding hydrogens is 288 g/mol. The van der Waals surface area contributed by atoms with Gasteiger partial charge in [-0.2, -0.15) is 0 Å². The highest BCUT2D eigenvalue weighted by molar-refractivity contribution is 6.06. The fraction of sp³-hybridized carbons (Fsp3) is 0.526. The SMILES string of the molecule is CC[C@]1(O)CCC[C@H]2CN(C(=O)c3cccc4[nH]ccc34)C[C@H]21. The van der Waals surface area contributed by atoms with E-state index in [2.05, 4.69) is 11.9 Å². The highest BCUT2D eigenvalue weighted by Gasteiger charge is 2.48. The highest BCUT2D eigenvalue weighted by atomic mass is 16.3. The Labute approximate surface area is 136 Å². The minimum absolute atomic E-state index is 0.100. The van der Waals surface area contributed by atoms with Crippen molar-refractivity contribution in [1.29, 1.82) is 0 Å². The summed E-state index contributed by atoms with van der Waals surface area (Å²) >= 11 is 0. The molecule has 0 radical (unpaired) electrons. The largest absolute Gasteiger partial charge is 0.390 e. The molecule has 1 aromatic heterocycles. The van der Waals surface area contributed by atoms with Gasteiger partial charge in [0, 0.05) is 41.7 Å². The number of H-pyrrole nitrogens is 1. The van der Waals surface area contributed by atoms with Crippen LogP contribution in [0.4, 0.5) is 0 Å². The van der Waals surface area contributed by atoms with Crippen LogP contribution in [0.5, 0.6) is 0 Å². The van der Waals surface area contributed by atoms with Crippen LogP contribution >= 0.6 is 0 Å². The Morgan fingerprint density at radius 1 is 1.39 bits per heavy atom. The van der Waals surface area contributed by atoms with Crippen LogP contribution in [0.2, 0.25) is 0 Å². The molecule has 1 saturated carbocycles. The number of aromatic nitrogens is 1. The number of aromatic amines is 1. The van der Waals surface area contributed by atoms with E-state index in [4.69, 9.17) is 0 Å². The summed E-state index contributed by atoms with van der Waals surface area (Å²) in [4.78, 5) is 18.2. The first-order chi connectivity index (χ1) is 11.1. The average Bonchev–Trinajstić information content (AvgIpc) is 3.21. The van der Waals surface area contributed by atoms with Crippen LogP contribution in [0.3, 0.4) is 0 Å². The van der Waals surface area contributed by atoms with Gasteiger partial charge in [0.1, 0.15) is 0 Å². The number of benzene rings is 1. The molecule has 2 N–H and O–H groups in total. The smallest absolute Gasteiger partial charge is 0.254 e. The van der Waals surface area contributed by atoms with Crippen molar-refractivity contribution in [1.82, 2.24) is 9.88 Å². The van der Waals surface area contributed by atoms with Crippen LogP contribution in [-0.4, -0.2) is 39.6 Å². The van der Waals surface area contributed by atoms with Crippen LogP contribution < -0.4 is 0 Å². The second-order valence-corrected chi connectivity index (χ2v) is 7.17. The van der Waals surface area contributed by atoms with E-state index in [9.17, 15) is 9.90 Å². The zero-order valence-corrected chi connectivity index (χ0v) is 13.6. The first kappa shape index (κ1) is 14.8. The fourth-order valence-corrected chi connectivity index (χ4v) is 4.68. The van der Waals surface area contributed by atoms with Crippen molar-refractivity contribution >= 4 is 16.8 Å². The molecule has 2 heterocycles. The Bertz CT molecular complexity index is 738. The van der Waals surface area contributed by atoms with E-state index in [1.54, 1.807) is 0 Å². The standard InChI is InChI=1S/C19H24N2O2/c1-2-19(23)9-4-5-13-11-21(12-16(13)19)18(22)15-6-3-7-17-14(15)8-10-20-17/h3,6-8,10,13,16,20,23H,2,4-5,9,11-12H2,1H3/t13-,16+,19-/m0/s1. The molecule has 23 heavy (non-hydrogen) atoms. The van der Waals surface area contributed by atoms with Gasteiger partial charge in [0.25, 0.3) is 5.91 Å². The van der Waals surface area contributed by atoms with Crippen molar-refractivity contribution in [3.8, 4) is 0 Å². The molecule has 3 atom stereocenters. The number of hydrogen-bond donors (Lipinski definition) is 2. The normalized spacial score (nSPS) is 30.6. The molecule has 4 rings (SSSR count). The minimum Gasteiger partial charge on any atom is -0.390 e. The van der Waals surface area contributed by atoms with Gasteiger partial charge in [-0.25, -0.2) is 0 Å². The molecular formula is C19H24N2O2. The van der Waals surface area contributed by atoms with E-state index in [0.29, 0.717) is 12.5 Å². The summed E-state index contributed by atoms with van der Waals surface area (Å²) in [5, 5.41) is 11.9. The molecule has 1 aromatic carbocycles. The lowest BCUT2D eigenvalue weighted by Crippen LogP contribution is -2.44. The third-order valence-corrected chi connectivity index (χ3v) is 6.04. The number of likely N-dealkylation sites (tertiary alicyclic amines) is 1. The molecule has 122 valence electrons. The molecule has 0 unspecified atom stereocenters. The highest BCUT2D eigenvalue weighted by Crippen LogP contribution is 2.44. The lowest BCUT2D eigenvalue weighted by molar-refractivity contribution is -0.0609. The van der Waals surface area contributed by atoms with Crippen molar-refractivity contribution in [3.05, 3.63) is 36.0 Å². The van der Waals surface area contributed by atoms with Crippen LogP contribution in [0.15, 0.2) is 30.5 Å².